The quantitative estimate of drug-likeness (QED) is 0.889. The van der Waals surface area contributed by atoms with Crippen molar-refractivity contribution in [2.24, 2.45) is 5.73 Å². The minimum atomic E-state index is -0.920. The Labute approximate surface area is 121 Å². The van der Waals surface area contributed by atoms with Crippen molar-refractivity contribution >= 4 is 5.91 Å². The van der Waals surface area contributed by atoms with Crippen LogP contribution in [0, 0.1) is 11.6 Å². The number of rotatable bonds is 5. The number of hydrogen-bond donors (Lipinski definition) is 2. The fourth-order valence-electron chi connectivity index (χ4n) is 2.12. The Morgan fingerprint density at radius 1 is 1.05 bits per heavy atom. The molecule has 0 fully saturated rings. The Balaban J connectivity index is 2.20. The lowest BCUT2D eigenvalue weighted by molar-refractivity contribution is -0.120. The minimum Gasteiger partial charge on any atom is -0.368 e. The third kappa shape index (κ3) is 3.64. The van der Waals surface area contributed by atoms with E-state index in [1.54, 1.807) is 31.2 Å². The summed E-state index contributed by atoms with van der Waals surface area (Å²) in [6.45, 7) is 1.76. The number of carbonyl (C=O) groups excluding carboxylic acids is 1. The molecule has 0 aliphatic rings. The van der Waals surface area contributed by atoms with Crippen LogP contribution in [0.3, 0.4) is 0 Å². The summed E-state index contributed by atoms with van der Waals surface area (Å²) in [6, 6.07) is 11.6. The third-order valence-corrected chi connectivity index (χ3v) is 3.28. The lowest BCUT2D eigenvalue weighted by Gasteiger charge is -2.21. The van der Waals surface area contributed by atoms with Crippen LogP contribution in [0.5, 0.6) is 0 Å². The molecule has 2 aromatic carbocycles. The van der Waals surface area contributed by atoms with Gasteiger partial charge in [-0.05, 0) is 30.2 Å². The first-order valence-electron chi connectivity index (χ1n) is 6.54. The van der Waals surface area contributed by atoms with E-state index in [-0.39, 0.29) is 6.04 Å². The number of primary amides is 1. The van der Waals surface area contributed by atoms with Crippen LogP contribution < -0.4 is 11.1 Å². The Morgan fingerprint density at radius 2 is 1.71 bits per heavy atom. The van der Waals surface area contributed by atoms with Gasteiger partial charge in [-0.2, -0.15) is 0 Å². The molecule has 0 saturated carbocycles. The van der Waals surface area contributed by atoms with Crippen LogP contribution in [-0.2, 0) is 4.79 Å². The van der Waals surface area contributed by atoms with Crippen LogP contribution in [0.2, 0.25) is 0 Å². The Bertz CT molecular complexity index is 631. The van der Waals surface area contributed by atoms with E-state index in [0.717, 1.165) is 17.7 Å². The summed E-state index contributed by atoms with van der Waals surface area (Å²) in [5.41, 5.74) is 6.67. The first kappa shape index (κ1) is 15.1. The van der Waals surface area contributed by atoms with Crippen molar-refractivity contribution in [1.82, 2.24) is 5.32 Å². The summed E-state index contributed by atoms with van der Waals surface area (Å²) in [4.78, 5) is 11.6. The normalized spacial score (nSPS) is 13.7. The van der Waals surface area contributed by atoms with E-state index in [1.807, 2.05) is 6.07 Å². The van der Waals surface area contributed by atoms with Crippen molar-refractivity contribution in [3.05, 3.63) is 71.3 Å². The molecule has 0 saturated heterocycles. The molecule has 0 unspecified atom stereocenters. The average Bonchev–Trinajstić information content (AvgIpc) is 2.48. The van der Waals surface area contributed by atoms with Gasteiger partial charge in [0.1, 0.15) is 6.04 Å². The molecule has 3 nitrogen and oxygen atoms in total. The van der Waals surface area contributed by atoms with Gasteiger partial charge in [-0.15, -0.1) is 0 Å². The van der Waals surface area contributed by atoms with Crippen molar-refractivity contribution in [1.29, 1.82) is 0 Å². The monoisotopic (exact) mass is 290 g/mol. The average molecular weight is 290 g/mol. The first-order chi connectivity index (χ1) is 9.99. The van der Waals surface area contributed by atoms with E-state index >= 15 is 0 Å². The number of benzene rings is 2. The van der Waals surface area contributed by atoms with Crippen LogP contribution in [0.15, 0.2) is 48.5 Å². The molecule has 0 spiro atoms. The largest absolute Gasteiger partial charge is 0.368 e. The Kier molecular flexibility index (Phi) is 4.65. The molecule has 0 aromatic heterocycles. The number of hydrogen-bond acceptors (Lipinski definition) is 2. The highest BCUT2D eigenvalue weighted by molar-refractivity contribution is 5.81. The van der Waals surface area contributed by atoms with E-state index < -0.39 is 23.6 Å². The number of carbonyl (C=O) groups is 1. The van der Waals surface area contributed by atoms with Crippen LogP contribution in [0.25, 0.3) is 0 Å². The zero-order valence-corrected chi connectivity index (χ0v) is 11.5. The summed E-state index contributed by atoms with van der Waals surface area (Å²) < 4.78 is 26.2. The zero-order chi connectivity index (χ0) is 15.4. The summed E-state index contributed by atoms with van der Waals surface area (Å²) in [5.74, 6) is -2.35. The van der Waals surface area contributed by atoms with Gasteiger partial charge in [-0.25, -0.2) is 8.78 Å². The second kappa shape index (κ2) is 6.45. The van der Waals surface area contributed by atoms with Crippen molar-refractivity contribution in [2.45, 2.75) is 19.0 Å². The van der Waals surface area contributed by atoms with E-state index in [4.69, 9.17) is 5.73 Å². The smallest absolute Gasteiger partial charge is 0.239 e. The molecule has 2 atom stereocenters. The van der Waals surface area contributed by atoms with E-state index in [9.17, 15) is 13.6 Å². The molecular formula is C16H16F2N2O. The molecule has 0 aliphatic carbocycles. The van der Waals surface area contributed by atoms with E-state index in [1.165, 1.54) is 6.07 Å². The van der Waals surface area contributed by atoms with Crippen LogP contribution in [-0.4, -0.2) is 5.91 Å². The second-order valence-electron chi connectivity index (χ2n) is 4.81. The molecule has 2 rings (SSSR count). The lowest BCUT2D eigenvalue weighted by atomic mass is 10.0. The Hall–Kier alpha value is -2.27. The topological polar surface area (TPSA) is 55.1 Å². The second-order valence-corrected chi connectivity index (χ2v) is 4.81. The molecule has 3 N–H and O–H groups in total. The highest BCUT2D eigenvalue weighted by atomic mass is 19.2. The van der Waals surface area contributed by atoms with Gasteiger partial charge in [0.25, 0.3) is 0 Å². The van der Waals surface area contributed by atoms with E-state index in [2.05, 4.69) is 5.32 Å². The van der Waals surface area contributed by atoms with Crippen molar-refractivity contribution in [2.75, 3.05) is 0 Å². The fourth-order valence-corrected chi connectivity index (χ4v) is 2.12. The van der Waals surface area contributed by atoms with Gasteiger partial charge in [-0.1, -0.05) is 36.4 Å². The fraction of sp³-hybridized carbons (Fsp3) is 0.188. The molecular weight excluding hydrogens is 274 g/mol. The first-order valence-corrected chi connectivity index (χ1v) is 6.54. The van der Waals surface area contributed by atoms with Gasteiger partial charge in [0, 0.05) is 6.04 Å². The minimum absolute atomic E-state index is 0.363. The van der Waals surface area contributed by atoms with Crippen LogP contribution in [0.1, 0.15) is 30.1 Å². The summed E-state index contributed by atoms with van der Waals surface area (Å²) in [7, 11) is 0. The predicted molar refractivity (Wildman–Crippen MR) is 76.3 cm³/mol. The molecule has 110 valence electrons. The number of nitrogens with two attached hydrogens (primary N) is 1. The number of amides is 1. The van der Waals surface area contributed by atoms with Crippen molar-refractivity contribution in [3.63, 3.8) is 0 Å². The maximum Gasteiger partial charge on any atom is 0.239 e. The van der Waals surface area contributed by atoms with Crippen molar-refractivity contribution < 1.29 is 13.6 Å². The third-order valence-electron chi connectivity index (χ3n) is 3.28. The van der Waals surface area contributed by atoms with Gasteiger partial charge in [0.05, 0.1) is 0 Å². The maximum absolute atomic E-state index is 13.3. The molecule has 5 heteroatoms. The predicted octanol–water partition coefficient (Wildman–Crippen LogP) is 2.84. The summed E-state index contributed by atoms with van der Waals surface area (Å²) in [6.07, 6.45) is 0. The van der Waals surface area contributed by atoms with E-state index in [0.29, 0.717) is 5.56 Å². The lowest BCUT2D eigenvalue weighted by Crippen LogP contribution is -2.35. The van der Waals surface area contributed by atoms with Gasteiger partial charge in [-0.3, -0.25) is 10.1 Å². The number of halogens is 2. The molecule has 1 amide bonds. The molecule has 2 aromatic rings. The molecule has 0 radical (unpaired) electrons. The molecule has 21 heavy (non-hydrogen) atoms. The highest BCUT2D eigenvalue weighted by Gasteiger charge is 2.20. The van der Waals surface area contributed by atoms with Gasteiger partial charge in [0.15, 0.2) is 11.6 Å². The van der Waals surface area contributed by atoms with Gasteiger partial charge >= 0.3 is 0 Å². The SMILES string of the molecule is C[C@@H](N[C@@H](C(N)=O)c1ccccc1)c1ccc(F)c(F)c1. The van der Waals surface area contributed by atoms with Gasteiger partial charge in [0.2, 0.25) is 5.91 Å². The van der Waals surface area contributed by atoms with Crippen molar-refractivity contribution in [3.8, 4) is 0 Å². The van der Waals surface area contributed by atoms with Gasteiger partial charge < -0.3 is 5.73 Å². The molecule has 0 heterocycles. The Morgan fingerprint density at radius 3 is 2.29 bits per heavy atom. The maximum atomic E-state index is 13.3. The van der Waals surface area contributed by atoms with Crippen LogP contribution >= 0.6 is 0 Å². The van der Waals surface area contributed by atoms with Crippen LogP contribution in [0.4, 0.5) is 8.78 Å². The molecule has 0 bridgehead atoms. The standard InChI is InChI=1S/C16H16F2N2O/c1-10(12-7-8-13(17)14(18)9-12)20-15(16(19)21)11-5-3-2-4-6-11/h2-10,15,20H,1H3,(H2,19,21)/t10-,15-/m1/s1. The zero-order valence-electron chi connectivity index (χ0n) is 11.5. The highest BCUT2D eigenvalue weighted by Crippen LogP contribution is 2.21. The number of nitrogens with one attached hydrogen (secondary N) is 1. The molecule has 0 aliphatic heterocycles. The summed E-state index contributed by atoms with van der Waals surface area (Å²) in [5, 5.41) is 3.03. The summed E-state index contributed by atoms with van der Waals surface area (Å²) >= 11 is 0.